The number of rotatable bonds is 5. The molecule has 180 valence electrons. The molecule has 1 aliphatic heterocycles. The maximum Gasteiger partial charge on any atom is 0.251 e. The molecule has 0 atom stereocenters. The Labute approximate surface area is 204 Å². The summed E-state index contributed by atoms with van der Waals surface area (Å²) in [5.41, 5.74) is 3.74. The smallest absolute Gasteiger partial charge is 0.251 e. The fourth-order valence-electron chi connectivity index (χ4n) is 4.13. The molecule has 0 saturated carbocycles. The van der Waals surface area contributed by atoms with Gasteiger partial charge in [0.05, 0.1) is 12.0 Å². The fraction of sp³-hybridized carbons (Fsp3) is 0.250. The summed E-state index contributed by atoms with van der Waals surface area (Å²) in [5.74, 6) is -1.06. The quantitative estimate of drug-likeness (QED) is 0.357. The van der Waals surface area contributed by atoms with Crippen LogP contribution < -0.4 is 25.3 Å². The molecule has 1 aliphatic carbocycles. The van der Waals surface area contributed by atoms with E-state index < -0.39 is 5.97 Å². The molecule has 1 heterocycles. The Morgan fingerprint density at radius 1 is 0.971 bits per heavy atom. The summed E-state index contributed by atoms with van der Waals surface area (Å²) in [5, 5.41) is 16.8. The third-order valence-electron chi connectivity index (χ3n) is 5.91. The van der Waals surface area contributed by atoms with E-state index in [0.717, 1.165) is 22.0 Å². The zero-order valence-electron chi connectivity index (χ0n) is 20.8. The first-order chi connectivity index (χ1) is 16.6. The van der Waals surface area contributed by atoms with Crippen LogP contribution in [0.5, 0.6) is 0 Å². The van der Waals surface area contributed by atoms with Crippen LogP contribution in [-0.2, 0) is 0 Å². The van der Waals surface area contributed by atoms with E-state index in [-0.39, 0.29) is 23.1 Å². The lowest BCUT2D eigenvalue weighted by molar-refractivity contribution is -0.254. The maximum atomic E-state index is 12.6. The monoisotopic (exact) mass is 471 g/mol. The van der Waals surface area contributed by atoms with Crippen molar-refractivity contribution in [3.05, 3.63) is 71.1 Å². The molecule has 0 saturated heterocycles. The molecule has 2 aromatic rings. The van der Waals surface area contributed by atoms with Gasteiger partial charge in [-0.3, -0.25) is 4.79 Å². The third kappa shape index (κ3) is 4.62. The molecule has 1 N–H and O–H groups in total. The second-order valence-electron chi connectivity index (χ2n) is 9.30. The lowest BCUT2D eigenvalue weighted by Crippen LogP contribution is -2.30. The van der Waals surface area contributed by atoms with E-state index in [1.807, 2.05) is 87.9 Å². The first kappa shape index (κ1) is 24.0. The summed E-state index contributed by atoms with van der Waals surface area (Å²) in [4.78, 5) is 26.8. The minimum absolute atomic E-state index is 0.0522. The van der Waals surface area contributed by atoms with Gasteiger partial charge in [-0.05, 0) is 49.7 Å². The molecule has 0 spiro atoms. The number of hydrogen-bond acceptors (Lipinski definition) is 5. The predicted molar refractivity (Wildman–Crippen MR) is 137 cm³/mol. The topological polar surface area (TPSA) is 88.6 Å². The van der Waals surface area contributed by atoms with E-state index in [0.29, 0.717) is 22.5 Å². The van der Waals surface area contributed by atoms with E-state index in [1.54, 1.807) is 12.1 Å². The van der Waals surface area contributed by atoms with Gasteiger partial charge in [-0.2, -0.15) is 0 Å². The largest absolute Gasteiger partial charge is 0.545 e. The first-order valence-electron chi connectivity index (χ1n) is 11.4. The number of carbonyl (C=O) groups excluding carboxylic acids is 2. The number of carboxylic acids is 1. The van der Waals surface area contributed by atoms with Crippen LogP contribution in [-0.4, -0.2) is 46.1 Å². The van der Waals surface area contributed by atoms with Gasteiger partial charge in [-0.25, -0.2) is 4.58 Å². The van der Waals surface area contributed by atoms with Crippen LogP contribution in [0.15, 0.2) is 59.0 Å². The Morgan fingerprint density at radius 2 is 1.69 bits per heavy atom. The highest BCUT2D eigenvalue weighted by molar-refractivity contribution is 6.09. The van der Waals surface area contributed by atoms with Gasteiger partial charge in [0.1, 0.15) is 25.4 Å². The number of benzene rings is 3. The normalized spacial score (nSPS) is 11.2. The van der Waals surface area contributed by atoms with Crippen molar-refractivity contribution in [2.75, 3.05) is 33.1 Å². The van der Waals surface area contributed by atoms with Gasteiger partial charge >= 0.3 is 0 Å². The Hall–Kier alpha value is -4.13. The van der Waals surface area contributed by atoms with Crippen molar-refractivity contribution < 1.29 is 19.1 Å². The van der Waals surface area contributed by atoms with Gasteiger partial charge in [0.15, 0.2) is 0 Å². The predicted octanol–water partition coefficient (Wildman–Crippen LogP) is 2.80. The van der Waals surface area contributed by atoms with E-state index in [9.17, 15) is 14.7 Å². The molecule has 7 heteroatoms. The van der Waals surface area contributed by atoms with Gasteiger partial charge in [0, 0.05) is 65.6 Å². The van der Waals surface area contributed by atoms with Gasteiger partial charge < -0.3 is 24.5 Å². The Kier molecular flexibility index (Phi) is 6.35. The number of nitrogens with zero attached hydrogens (tertiary/aromatic N) is 2. The zero-order valence-corrected chi connectivity index (χ0v) is 20.8. The van der Waals surface area contributed by atoms with Crippen molar-refractivity contribution >= 4 is 28.5 Å². The van der Waals surface area contributed by atoms with Crippen molar-refractivity contribution in [1.82, 2.24) is 9.89 Å². The highest BCUT2D eigenvalue weighted by Gasteiger charge is 2.22. The standard InChI is InChI=1S/C28H29N3O4/c1-16(2)29-27(32)17-7-10-20(23(13-17)28(33)34)26-21-11-8-18(30(3)4)14-24(21)35-25-15-19(31(5)6)9-12-22(25)26/h7-16H,1-6H3,(H-,29,32,33,34). The summed E-state index contributed by atoms with van der Waals surface area (Å²) in [6.07, 6.45) is 0. The van der Waals surface area contributed by atoms with Crippen molar-refractivity contribution in [2.24, 2.45) is 0 Å². The van der Waals surface area contributed by atoms with Crippen LogP contribution >= 0.6 is 0 Å². The summed E-state index contributed by atoms with van der Waals surface area (Å²) in [6.45, 7) is 3.70. The molecule has 0 aromatic heterocycles. The van der Waals surface area contributed by atoms with Crippen molar-refractivity contribution in [3.63, 3.8) is 0 Å². The molecule has 1 amide bonds. The molecule has 4 rings (SSSR count). The molecule has 0 bridgehead atoms. The Balaban J connectivity index is 2.08. The van der Waals surface area contributed by atoms with Gasteiger partial charge in [-0.1, -0.05) is 6.07 Å². The van der Waals surface area contributed by atoms with E-state index in [4.69, 9.17) is 4.42 Å². The molecule has 0 radical (unpaired) electrons. The number of amides is 1. The molecule has 0 unspecified atom stereocenters. The Morgan fingerprint density at radius 3 is 2.31 bits per heavy atom. The third-order valence-corrected chi connectivity index (χ3v) is 5.91. The van der Waals surface area contributed by atoms with Crippen molar-refractivity contribution in [2.45, 2.75) is 19.9 Å². The molecule has 7 nitrogen and oxygen atoms in total. The van der Waals surface area contributed by atoms with E-state index in [1.165, 1.54) is 6.07 Å². The average Bonchev–Trinajstić information content (AvgIpc) is 2.80. The van der Waals surface area contributed by atoms with Crippen LogP contribution in [0.3, 0.4) is 0 Å². The second kappa shape index (κ2) is 9.25. The maximum absolute atomic E-state index is 12.6. The van der Waals surface area contributed by atoms with Gasteiger partial charge in [0.25, 0.3) is 5.91 Å². The summed E-state index contributed by atoms with van der Waals surface area (Å²) in [7, 11) is 7.79. The number of anilines is 1. The van der Waals surface area contributed by atoms with Crippen molar-refractivity contribution in [1.29, 1.82) is 0 Å². The highest BCUT2D eigenvalue weighted by Crippen LogP contribution is 2.42. The van der Waals surface area contributed by atoms with E-state index >= 15 is 0 Å². The van der Waals surface area contributed by atoms with E-state index in [2.05, 4.69) is 5.32 Å². The fourth-order valence-corrected chi connectivity index (χ4v) is 4.13. The molecule has 35 heavy (non-hydrogen) atoms. The number of nitrogens with one attached hydrogen (secondary N) is 1. The summed E-state index contributed by atoms with van der Waals surface area (Å²) < 4.78 is 8.29. The zero-order chi connectivity index (χ0) is 25.4. The number of carboxylic acid groups (broad SMARTS) is 1. The summed E-state index contributed by atoms with van der Waals surface area (Å²) >= 11 is 0. The van der Waals surface area contributed by atoms with Crippen molar-refractivity contribution in [3.8, 4) is 22.5 Å². The number of hydrogen-bond donors (Lipinski definition) is 1. The summed E-state index contributed by atoms with van der Waals surface area (Å²) in [6, 6.07) is 16.3. The SMILES string of the molecule is CC(C)NC(=O)c1ccc(-c2c3ccc(=[N+](C)C)cc-3oc3cc(N(C)C)ccc23)c(C(=O)[O-])c1. The van der Waals surface area contributed by atoms with Crippen LogP contribution in [0, 0.1) is 0 Å². The number of carbonyl (C=O) groups is 2. The van der Waals surface area contributed by atoms with Gasteiger partial charge in [0.2, 0.25) is 5.36 Å². The van der Waals surface area contributed by atoms with Gasteiger partial charge in [-0.15, -0.1) is 0 Å². The lowest BCUT2D eigenvalue weighted by Gasteiger charge is -2.20. The number of aromatic carboxylic acids is 1. The molecule has 2 aromatic carbocycles. The van der Waals surface area contributed by atoms with Crippen LogP contribution in [0.25, 0.3) is 33.4 Å². The lowest BCUT2D eigenvalue weighted by atomic mass is 9.89. The van der Waals surface area contributed by atoms with Crippen LogP contribution in [0.2, 0.25) is 0 Å². The first-order valence-corrected chi connectivity index (χ1v) is 11.4. The number of fused-ring (bicyclic) bond motifs is 2. The van der Waals surface area contributed by atoms with Crippen LogP contribution in [0.1, 0.15) is 34.6 Å². The molecule has 0 fully saturated rings. The molecular weight excluding hydrogens is 442 g/mol. The van der Waals surface area contributed by atoms with Crippen LogP contribution in [0.4, 0.5) is 5.69 Å². The Bertz CT molecular complexity index is 1490. The average molecular weight is 472 g/mol. The molecule has 2 aliphatic rings. The molecular formula is C28H29N3O4. The second-order valence-corrected chi connectivity index (χ2v) is 9.30. The highest BCUT2D eigenvalue weighted by atomic mass is 16.4. The minimum Gasteiger partial charge on any atom is -0.545 e. The minimum atomic E-state index is -1.35.